The van der Waals surface area contributed by atoms with Crippen LogP contribution in [0.25, 0.3) is 0 Å². The van der Waals surface area contributed by atoms with Crippen LogP contribution in [-0.2, 0) is 4.74 Å². The van der Waals surface area contributed by atoms with Crippen LogP contribution in [0.5, 0.6) is 0 Å². The monoisotopic (exact) mass is 180 g/mol. The van der Waals surface area contributed by atoms with E-state index in [4.69, 9.17) is 4.74 Å². The van der Waals surface area contributed by atoms with Crippen LogP contribution < -0.4 is 0 Å². The molecule has 2 rings (SSSR count). The van der Waals surface area contributed by atoms with Crippen molar-refractivity contribution in [1.29, 1.82) is 0 Å². The first-order valence-electron chi connectivity index (χ1n) is 4.46. The molecule has 4 nitrogen and oxygen atoms in total. The molecule has 4 heteroatoms. The van der Waals surface area contributed by atoms with Crippen LogP contribution in [0.4, 0.5) is 4.79 Å². The SMILES string of the molecule is CC(OC(=O)n1ccnc1)C1CC1. The lowest BCUT2D eigenvalue weighted by Gasteiger charge is -2.11. The summed E-state index contributed by atoms with van der Waals surface area (Å²) >= 11 is 0. The minimum absolute atomic E-state index is 0.0369. The third-order valence-electron chi connectivity index (χ3n) is 2.29. The molecule has 1 aliphatic rings. The summed E-state index contributed by atoms with van der Waals surface area (Å²) in [6.07, 6.45) is 6.65. The lowest BCUT2D eigenvalue weighted by atomic mass is 10.3. The number of ether oxygens (including phenoxy) is 1. The number of carbonyl (C=O) groups excluding carboxylic acids is 1. The van der Waals surface area contributed by atoms with Crippen LogP contribution in [0, 0.1) is 5.92 Å². The molecule has 1 saturated carbocycles. The zero-order chi connectivity index (χ0) is 9.26. The van der Waals surface area contributed by atoms with Gasteiger partial charge >= 0.3 is 6.09 Å². The Kier molecular flexibility index (Phi) is 2.04. The van der Waals surface area contributed by atoms with E-state index < -0.39 is 0 Å². The Labute approximate surface area is 76.5 Å². The molecule has 0 N–H and O–H groups in total. The van der Waals surface area contributed by atoms with Crippen LogP contribution >= 0.6 is 0 Å². The summed E-state index contributed by atoms with van der Waals surface area (Å²) in [6.45, 7) is 1.94. The van der Waals surface area contributed by atoms with Crippen LogP contribution in [0.1, 0.15) is 19.8 Å². The number of hydrogen-bond donors (Lipinski definition) is 0. The molecule has 0 bridgehead atoms. The second-order valence-corrected chi connectivity index (χ2v) is 3.40. The van der Waals surface area contributed by atoms with Crippen molar-refractivity contribution in [2.75, 3.05) is 0 Å². The van der Waals surface area contributed by atoms with Gasteiger partial charge in [-0.05, 0) is 25.7 Å². The van der Waals surface area contributed by atoms with Crippen LogP contribution in [0.3, 0.4) is 0 Å². The molecule has 0 amide bonds. The van der Waals surface area contributed by atoms with Crippen LogP contribution in [0.15, 0.2) is 18.7 Å². The van der Waals surface area contributed by atoms with Crippen molar-refractivity contribution in [2.24, 2.45) is 5.92 Å². The minimum Gasteiger partial charge on any atom is -0.446 e. The molecule has 1 aromatic heterocycles. The summed E-state index contributed by atoms with van der Waals surface area (Å²) in [4.78, 5) is 15.1. The maximum atomic E-state index is 11.3. The Balaban J connectivity index is 1.91. The smallest absolute Gasteiger partial charge is 0.419 e. The van der Waals surface area contributed by atoms with Crippen molar-refractivity contribution < 1.29 is 9.53 Å². The third-order valence-corrected chi connectivity index (χ3v) is 2.29. The van der Waals surface area contributed by atoms with Crippen molar-refractivity contribution in [3.63, 3.8) is 0 Å². The lowest BCUT2D eigenvalue weighted by molar-refractivity contribution is 0.0966. The first-order chi connectivity index (χ1) is 6.27. The second kappa shape index (κ2) is 3.20. The van der Waals surface area contributed by atoms with Gasteiger partial charge in [0.25, 0.3) is 0 Å². The van der Waals surface area contributed by atoms with Gasteiger partial charge in [0.15, 0.2) is 0 Å². The van der Waals surface area contributed by atoms with Gasteiger partial charge in [0, 0.05) is 12.4 Å². The topological polar surface area (TPSA) is 44.1 Å². The fraction of sp³-hybridized carbons (Fsp3) is 0.556. The van der Waals surface area contributed by atoms with Gasteiger partial charge in [0.05, 0.1) is 0 Å². The van der Waals surface area contributed by atoms with E-state index in [2.05, 4.69) is 4.98 Å². The number of aromatic nitrogens is 2. The van der Waals surface area contributed by atoms with Gasteiger partial charge in [-0.1, -0.05) is 0 Å². The molecule has 1 unspecified atom stereocenters. The summed E-state index contributed by atoms with van der Waals surface area (Å²) in [7, 11) is 0. The first kappa shape index (κ1) is 8.29. The van der Waals surface area contributed by atoms with Crippen molar-refractivity contribution in [1.82, 2.24) is 9.55 Å². The molecule has 13 heavy (non-hydrogen) atoms. The molecule has 1 atom stereocenters. The number of nitrogens with zero attached hydrogens (tertiary/aromatic N) is 2. The van der Waals surface area contributed by atoms with Crippen molar-refractivity contribution in [3.8, 4) is 0 Å². The largest absolute Gasteiger partial charge is 0.446 e. The van der Waals surface area contributed by atoms with E-state index in [9.17, 15) is 4.79 Å². The molecule has 1 heterocycles. The molecule has 0 spiro atoms. The predicted octanol–water partition coefficient (Wildman–Crippen LogP) is 1.67. The molecule has 0 aromatic carbocycles. The Morgan fingerprint density at radius 3 is 3.00 bits per heavy atom. The van der Waals surface area contributed by atoms with E-state index in [1.807, 2.05) is 6.92 Å². The molecule has 0 saturated heterocycles. The van der Waals surface area contributed by atoms with Crippen molar-refractivity contribution in [3.05, 3.63) is 18.7 Å². The molecule has 0 aliphatic heterocycles. The summed E-state index contributed by atoms with van der Waals surface area (Å²) in [5, 5.41) is 0. The summed E-state index contributed by atoms with van der Waals surface area (Å²) in [6, 6.07) is 0. The van der Waals surface area contributed by atoms with E-state index in [0.29, 0.717) is 5.92 Å². The Bertz CT molecular complexity index is 291. The average Bonchev–Trinajstić information content (AvgIpc) is 2.81. The zero-order valence-corrected chi connectivity index (χ0v) is 7.51. The third kappa shape index (κ3) is 1.88. The molecule has 1 fully saturated rings. The number of hydrogen-bond acceptors (Lipinski definition) is 3. The van der Waals surface area contributed by atoms with E-state index in [1.165, 1.54) is 23.7 Å². The zero-order valence-electron chi connectivity index (χ0n) is 7.51. The standard InChI is InChI=1S/C9H12N2O2/c1-7(8-2-3-8)13-9(12)11-5-4-10-6-11/h4-8H,2-3H2,1H3. The number of carbonyl (C=O) groups is 1. The van der Waals surface area contributed by atoms with Crippen molar-refractivity contribution in [2.45, 2.75) is 25.9 Å². The quantitative estimate of drug-likeness (QED) is 0.695. The summed E-state index contributed by atoms with van der Waals surface area (Å²) in [5.74, 6) is 0.576. The molecule has 70 valence electrons. The Morgan fingerprint density at radius 2 is 2.46 bits per heavy atom. The normalized spacial score (nSPS) is 18.2. The van der Waals surface area contributed by atoms with Crippen molar-refractivity contribution >= 4 is 6.09 Å². The molecule has 0 radical (unpaired) electrons. The van der Waals surface area contributed by atoms with E-state index in [0.717, 1.165) is 0 Å². The fourth-order valence-corrected chi connectivity index (χ4v) is 1.25. The molecular weight excluding hydrogens is 168 g/mol. The highest BCUT2D eigenvalue weighted by Crippen LogP contribution is 2.34. The van der Waals surface area contributed by atoms with Crippen LogP contribution in [-0.4, -0.2) is 21.7 Å². The first-order valence-corrected chi connectivity index (χ1v) is 4.46. The van der Waals surface area contributed by atoms with Crippen LogP contribution in [0.2, 0.25) is 0 Å². The lowest BCUT2D eigenvalue weighted by Crippen LogP contribution is -2.20. The van der Waals surface area contributed by atoms with E-state index >= 15 is 0 Å². The molecule has 1 aliphatic carbocycles. The van der Waals surface area contributed by atoms with Gasteiger partial charge in [0.1, 0.15) is 12.4 Å². The minimum atomic E-state index is -0.336. The highest BCUT2D eigenvalue weighted by molar-refractivity contribution is 5.70. The number of imidazole rings is 1. The van der Waals surface area contributed by atoms with Gasteiger partial charge in [-0.2, -0.15) is 0 Å². The van der Waals surface area contributed by atoms with E-state index in [-0.39, 0.29) is 12.2 Å². The maximum Gasteiger partial charge on any atom is 0.419 e. The molecular formula is C9H12N2O2. The highest BCUT2D eigenvalue weighted by atomic mass is 16.6. The summed E-state index contributed by atoms with van der Waals surface area (Å²) < 4.78 is 6.55. The van der Waals surface area contributed by atoms with Gasteiger partial charge in [-0.25, -0.2) is 14.3 Å². The average molecular weight is 180 g/mol. The molecule has 1 aromatic rings. The van der Waals surface area contributed by atoms with Gasteiger partial charge in [-0.15, -0.1) is 0 Å². The maximum absolute atomic E-state index is 11.3. The Hall–Kier alpha value is -1.32. The second-order valence-electron chi connectivity index (χ2n) is 3.40. The number of rotatable bonds is 2. The van der Waals surface area contributed by atoms with Gasteiger partial charge in [0.2, 0.25) is 0 Å². The van der Waals surface area contributed by atoms with Gasteiger partial charge in [-0.3, -0.25) is 0 Å². The van der Waals surface area contributed by atoms with Gasteiger partial charge < -0.3 is 4.74 Å². The predicted molar refractivity (Wildman–Crippen MR) is 46.3 cm³/mol. The highest BCUT2D eigenvalue weighted by Gasteiger charge is 2.30. The summed E-state index contributed by atoms with van der Waals surface area (Å²) in [5.41, 5.74) is 0. The Morgan fingerprint density at radius 1 is 1.69 bits per heavy atom. The van der Waals surface area contributed by atoms with E-state index in [1.54, 1.807) is 12.4 Å². The fourth-order valence-electron chi connectivity index (χ4n) is 1.25.